The van der Waals surface area contributed by atoms with Crippen LogP contribution in [0.25, 0.3) is 0 Å². The minimum Gasteiger partial charge on any atom is -0.376 e. The predicted octanol–water partition coefficient (Wildman–Crippen LogP) is 2.95. The molecule has 0 spiro atoms. The summed E-state index contributed by atoms with van der Waals surface area (Å²) in [6.45, 7) is 2.92. The first-order chi connectivity index (χ1) is 14.0. The first-order valence-corrected chi connectivity index (χ1v) is 9.95. The highest BCUT2D eigenvalue weighted by atomic mass is 16.5. The summed E-state index contributed by atoms with van der Waals surface area (Å²) in [4.78, 5) is 41.9. The molecule has 6 heteroatoms. The molecule has 0 N–H and O–H groups in total. The number of carbonyl (C=O) groups is 3. The van der Waals surface area contributed by atoms with Gasteiger partial charge in [-0.05, 0) is 44.0 Å². The standard InChI is InChI=1S/C23H24N2O4/c1-16-9-11-17(12-10-16)22(27)24(15-19-8-5-13-29-19)20-14-21(26)25(23(20)28)18-6-3-2-4-7-18/h2-4,6-7,9-12,19-20H,5,8,13-15H2,1H3. The summed E-state index contributed by atoms with van der Waals surface area (Å²) < 4.78 is 5.72. The number of anilines is 1. The summed E-state index contributed by atoms with van der Waals surface area (Å²) in [5.74, 6) is -0.901. The van der Waals surface area contributed by atoms with Crippen molar-refractivity contribution in [1.82, 2.24) is 4.90 Å². The van der Waals surface area contributed by atoms with Gasteiger partial charge in [0.05, 0.1) is 18.2 Å². The summed E-state index contributed by atoms with van der Waals surface area (Å²) in [7, 11) is 0. The molecular weight excluding hydrogens is 368 g/mol. The fourth-order valence-electron chi connectivity index (χ4n) is 3.93. The molecule has 29 heavy (non-hydrogen) atoms. The van der Waals surface area contributed by atoms with Crippen LogP contribution in [0, 0.1) is 6.92 Å². The zero-order valence-electron chi connectivity index (χ0n) is 16.4. The van der Waals surface area contributed by atoms with Crippen LogP contribution >= 0.6 is 0 Å². The Morgan fingerprint density at radius 3 is 2.48 bits per heavy atom. The molecule has 2 aromatic rings. The average molecular weight is 392 g/mol. The van der Waals surface area contributed by atoms with Crippen molar-refractivity contribution >= 4 is 23.4 Å². The van der Waals surface area contributed by atoms with E-state index >= 15 is 0 Å². The molecule has 2 heterocycles. The lowest BCUT2D eigenvalue weighted by molar-refractivity contribution is -0.122. The monoisotopic (exact) mass is 392 g/mol. The molecule has 2 fully saturated rings. The maximum absolute atomic E-state index is 13.3. The van der Waals surface area contributed by atoms with Crippen LogP contribution in [0.3, 0.4) is 0 Å². The smallest absolute Gasteiger partial charge is 0.257 e. The van der Waals surface area contributed by atoms with Crippen molar-refractivity contribution in [3.05, 3.63) is 65.7 Å². The first-order valence-electron chi connectivity index (χ1n) is 9.95. The molecule has 6 nitrogen and oxygen atoms in total. The van der Waals surface area contributed by atoms with Gasteiger partial charge in [-0.15, -0.1) is 0 Å². The van der Waals surface area contributed by atoms with E-state index in [-0.39, 0.29) is 30.2 Å². The summed E-state index contributed by atoms with van der Waals surface area (Å²) in [6, 6.07) is 15.3. The van der Waals surface area contributed by atoms with Crippen LogP contribution in [-0.4, -0.2) is 47.9 Å². The number of para-hydroxylation sites is 1. The van der Waals surface area contributed by atoms with Crippen LogP contribution in [0.4, 0.5) is 5.69 Å². The van der Waals surface area contributed by atoms with Crippen molar-refractivity contribution in [3.63, 3.8) is 0 Å². The summed E-state index contributed by atoms with van der Waals surface area (Å²) >= 11 is 0. The third kappa shape index (κ3) is 3.93. The van der Waals surface area contributed by atoms with E-state index in [1.165, 1.54) is 9.80 Å². The van der Waals surface area contributed by atoms with Gasteiger partial charge in [-0.2, -0.15) is 0 Å². The molecule has 150 valence electrons. The van der Waals surface area contributed by atoms with E-state index in [4.69, 9.17) is 4.74 Å². The number of rotatable bonds is 5. The Morgan fingerprint density at radius 2 is 1.83 bits per heavy atom. The van der Waals surface area contributed by atoms with E-state index in [9.17, 15) is 14.4 Å². The van der Waals surface area contributed by atoms with E-state index in [1.807, 2.05) is 25.1 Å². The number of nitrogens with zero attached hydrogens (tertiary/aromatic N) is 2. The Labute approximate surface area is 170 Å². The van der Waals surface area contributed by atoms with Crippen molar-refractivity contribution in [3.8, 4) is 0 Å². The highest BCUT2D eigenvalue weighted by molar-refractivity contribution is 6.23. The quantitative estimate of drug-likeness (QED) is 0.734. The lowest BCUT2D eigenvalue weighted by Gasteiger charge is -2.30. The summed E-state index contributed by atoms with van der Waals surface area (Å²) in [5, 5.41) is 0. The molecule has 0 radical (unpaired) electrons. The minimum atomic E-state index is -0.819. The molecule has 4 rings (SSSR count). The SMILES string of the molecule is Cc1ccc(C(=O)N(CC2CCCO2)C2CC(=O)N(c3ccccc3)C2=O)cc1. The van der Waals surface area contributed by atoms with Gasteiger partial charge < -0.3 is 9.64 Å². The molecule has 2 atom stereocenters. The van der Waals surface area contributed by atoms with Gasteiger partial charge in [0.25, 0.3) is 11.8 Å². The maximum atomic E-state index is 13.3. The molecule has 0 aromatic heterocycles. The molecule has 2 saturated heterocycles. The van der Waals surface area contributed by atoms with Gasteiger partial charge in [0.1, 0.15) is 6.04 Å². The van der Waals surface area contributed by atoms with E-state index in [2.05, 4.69) is 0 Å². The Balaban J connectivity index is 1.63. The van der Waals surface area contributed by atoms with E-state index in [0.717, 1.165) is 18.4 Å². The Hall–Kier alpha value is -2.99. The molecular formula is C23H24N2O4. The molecule has 0 saturated carbocycles. The number of imide groups is 1. The van der Waals surface area contributed by atoms with Crippen molar-refractivity contribution in [2.75, 3.05) is 18.1 Å². The highest BCUT2D eigenvalue weighted by Crippen LogP contribution is 2.28. The topological polar surface area (TPSA) is 66.9 Å². The second kappa shape index (κ2) is 8.17. The fourth-order valence-corrected chi connectivity index (χ4v) is 3.93. The van der Waals surface area contributed by atoms with Crippen molar-refractivity contribution in [2.24, 2.45) is 0 Å². The maximum Gasteiger partial charge on any atom is 0.257 e. The van der Waals surface area contributed by atoms with Crippen LogP contribution in [0.5, 0.6) is 0 Å². The fraction of sp³-hybridized carbons (Fsp3) is 0.348. The molecule has 2 aliphatic heterocycles. The third-order valence-corrected chi connectivity index (χ3v) is 5.50. The van der Waals surface area contributed by atoms with Gasteiger partial charge >= 0.3 is 0 Å². The van der Waals surface area contributed by atoms with E-state index in [1.54, 1.807) is 36.4 Å². The van der Waals surface area contributed by atoms with Crippen LogP contribution < -0.4 is 4.90 Å². The van der Waals surface area contributed by atoms with Crippen molar-refractivity contribution in [1.29, 1.82) is 0 Å². The Kier molecular flexibility index (Phi) is 5.45. The Morgan fingerprint density at radius 1 is 1.10 bits per heavy atom. The highest BCUT2D eigenvalue weighted by Gasteiger charge is 2.45. The summed E-state index contributed by atoms with van der Waals surface area (Å²) in [5.41, 5.74) is 2.09. The van der Waals surface area contributed by atoms with E-state index < -0.39 is 6.04 Å². The molecule has 2 aliphatic rings. The molecule has 2 aromatic carbocycles. The van der Waals surface area contributed by atoms with Crippen LogP contribution in [0.15, 0.2) is 54.6 Å². The van der Waals surface area contributed by atoms with Crippen molar-refractivity contribution in [2.45, 2.75) is 38.3 Å². The largest absolute Gasteiger partial charge is 0.376 e. The molecule has 0 aliphatic carbocycles. The number of aryl methyl sites for hydroxylation is 1. The number of hydrogen-bond donors (Lipinski definition) is 0. The first kappa shape index (κ1) is 19.3. The lowest BCUT2D eigenvalue weighted by atomic mass is 10.1. The summed E-state index contributed by atoms with van der Waals surface area (Å²) in [6.07, 6.45) is 1.65. The second-order valence-corrected chi connectivity index (χ2v) is 7.58. The zero-order chi connectivity index (χ0) is 20.4. The van der Waals surface area contributed by atoms with Crippen LogP contribution in [-0.2, 0) is 14.3 Å². The number of benzene rings is 2. The number of ether oxygens (including phenoxy) is 1. The third-order valence-electron chi connectivity index (χ3n) is 5.50. The van der Waals surface area contributed by atoms with Crippen molar-refractivity contribution < 1.29 is 19.1 Å². The lowest BCUT2D eigenvalue weighted by Crippen LogP contribution is -2.48. The van der Waals surface area contributed by atoms with Gasteiger partial charge in [-0.3, -0.25) is 14.4 Å². The van der Waals surface area contributed by atoms with Gasteiger partial charge in [0.2, 0.25) is 5.91 Å². The normalized spacial score (nSPS) is 21.6. The molecule has 2 unspecified atom stereocenters. The number of hydrogen-bond acceptors (Lipinski definition) is 4. The molecule has 3 amide bonds. The Bertz CT molecular complexity index is 904. The molecule has 0 bridgehead atoms. The van der Waals surface area contributed by atoms with Crippen LogP contribution in [0.1, 0.15) is 35.2 Å². The average Bonchev–Trinajstić information content (AvgIpc) is 3.34. The van der Waals surface area contributed by atoms with Crippen LogP contribution in [0.2, 0.25) is 0 Å². The second-order valence-electron chi connectivity index (χ2n) is 7.58. The number of carbonyl (C=O) groups excluding carboxylic acids is 3. The van der Waals surface area contributed by atoms with E-state index in [0.29, 0.717) is 24.4 Å². The van der Waals surface area contributed by atoms with Gasteiger partial charge in [-0.1, -0.05) is 35.9 Å². The van der Waals surface area contributed by atoms with Gasteiger partial charge in [-0.25, -0.2) is 4.90 Å². The zero-order valence-corrected chi connectivity index (χ0v) is 16.4. The van der Waals surface area contributed by atoms with Gasteiger partial charge in [0.15, 0.2) is 0 Å². The predicted molar refractivity (Wildman–Crippen MR) is 109 cm³/mol. The van der Waals surface area contributed by atoms with Gasteiger partial charge in [0, 0.05) is 18.7 Å². The number of amides is 3. The minimum absolute atomic E-state index is 0.0158.